The third-order valence-electron chi connectivity index (χ3n) is 3.98. The van der Waals surface area contributed by atoms with Crippen molar-refractivity contribution in [2.75, 3.05) is 6.61 Å². The van der Waals surface area contributed by atoms with E-state index in [9.17, 15) is 0 Å². The van der Waals surface area contributed by atoms with Gasteiger partial charge in [-0.15, -0.1) is 0 Å². The molecule has 2 heteroatoms. The largest absolute Gasteiger partial charge is 0.493 e. The van der Waals surface area contributed by atoms with Gasteiger partial charge in [0, 0.05) is 24.1 Å². The fourth-order valence-corrected chi connectivity index (χ4v) is 3.27. The molecule has 0 spiro atoms. The first-order valence-corrected chi connectivity index (χ1v) is 6.73. The Hall–Kier alpha value is -1.02. The number of ether oxygens (including phenoxy) is 1. The molecule has 2 unspecified atom stereocenters. The Morgan fingerprint density at radius 1 is 1.41 bits per heavy atom. The molecule has 0 radical (unpaired) electrons. The summed E-state index contributed by atoms with van der Waals surface area (Å²) in [5, 5.41) is 3.71. The fourth-order valence-electron chi connectivity index (χ4n) is 3.27. The number of nitrogens with one attached hydrogen (secondary N) is 1. The van der Waals surface area contributed by atoms with Crippen LogP contribution in [-0.4, -0.2) is 12.6 Å². The van der Waals surface area contributed by atoms with Crippen molar-refractivity contribution in [3.63, 3.8) is 0 Å². The lowest BCUT2D eigenvalue weighted by molar-refractivity contribution is 0.223. The summed E-state index contributed by atoms with van der Waals surface area (Å²) in [5.41, 5.74) is 2.93. The molecule has 0 saturated carbocycles. The monoisotopic (exact) mass is 231 g/mol. The van der Waals surface area contributed by atoms with Crippen LogP contribution in [0.3, 0.4) is 0 Å². The molecule has 1 aromatic carbocycles. The first-order chi connectivity index (χ1) is 8.25. The van der Waals surface area contributed by atoms with E-state index in [0.717, 1.165) is 31.2 Å². The summed E-state index contributed by atoms with van der Waals surface area (Å²) < 4.78 is 5.80. The van der Waals surface area contributed by atoms with Gasteiger partial charge in [0.1, 0.15) is 5.75 Å². The van der Waals surface area contributed by atoms with Crippen molar-refractivity contribution in [3.05, 3.63) is 29.3 Å². The van der Waals surface area contributed by atoms with E-state index >= 15 is 0 Å². The van der Waals surface area contributed by atoms with Crippen LogP contribution in [0.25, 0.3) is 0 Å². The highest BCUT2D eigenvalue weighted by Crippen LogP contribution is 2.41. The van der Waals surface area contributed by atoms with Crippen LogP contribution < -0.4 is 10.1 Å². The molecule has 0 aliphatic carbocycles. The summed E-state index contributed by atoms with van der Waals surface area (Å²) in [4.78, 5) is 0. The summed E-state index contributed by atoms with van der Waals surface area (Å²) in [6, 6.07) is 7.11. The van der Waals surface area contributed by atoms with Gasteiger partial charge in [-0.2, -0.15) is 0 Å². The highest BCUT2D eigenvalue weighted by molar-refractivity contribution is 5.46. The maximum Gasteiger partial charge on any atom is 0.123 e. The smallest absolute Gasteiger partial charge is 0.123 e. The zero-order valence-corrected chi connectivity index (χ0v) is 10.7. The van der Waals surface area contributed by atoms with Crippen LogP contribution in [0.4, 0.5) is 0 Å². The van der Waals surface area contributed by atoms with Gasteiger partial charge < -0.3 is 10.1 Å². The van der Waals surface area contributed by atoms with E-state index in [4.69, 9.17) is 4.74 Å². The average molecular weight is 231 g/mol. The highest BCUT2D eigenvalue weighted by Gasteiger charge is 2.34. The normalized spacial score (nSPS) is 26.5. The van der Waals surface area contributed by atoms with Gasteiger partial charge in [0.25, 0.3) is 0 Å². The molecule has 1 N–H and O–H groups in total. The minimum atomic E-state index is 0.632. The highest BCUT2D eigenvalue weighted by atomic mass is 16.5. The molecule has 0 saturated heterocycles. The first kappa shape index (κ1) is 11.1. The molecule has 2 aliphatic heterocycles. The topological polar surface area (TPSA) is 21.3 Å². The molecule has 2 aliphatic rings. The summed E-state index contributed by atoms with van der Waals surface area (Å²) in [5.74, 6) is 2.55. The van der Waals surface area contributed by atoms with E-state index in [-0.39, 0.29) is 0 Å². The third kappa shape index (κ3) is 1.95. The minimum Gasteiger partial charge on any atom is -0.493 e. The number of hydrogen-bond acceptors (Lipinski definition) is 2. The van der Waals surface area contributed by atoms with Crippen molar-refractivity contribution in [2.24, 2.45) is 5.92 Å². The Kier molecular flexibility index (Phi) is 2.83. The molecule has 0 bridgehead atoms. The van der Waals surface area contributed by atoms with Gasteiger partial charge in [-0.1, -0.05) is 26.0 Å². The van der Waals surface area contributed by atoms with Crippen molar-refractivity contribution in [3.8, 4) is 5.75 Å². The van der Waals surface area contributed by atoms with E-state index in [1.54, 1.807) is 0 Å². The second-order valence-corrected chi connectivity index (χ2v) is 5.69. The molecule has 2 nitrogen and oxygen atoms in total. The Bertz CT molecular complexity index is 399. The van der Waals surface area contributed by atoms with E-state index in [1.807, 2.05) is 0 Å². The second-order valence-electron chi connectivity index (χ2n) is 5.69. The molecule has 0 fully saturated rings. The Morgan fingerprint density at radius 3 is 3.12 bits per heavy atom. The standard InChI is InChI=1S/C15H21NO/c1-10(2)8-13-12-6-7-17-14-5-3-4-11(9-16-13)15(12)14/h3-5,10,12-13,16H,6-9H2,1-2H3. The summed E-state index contributed by atoms with van der Waals surface area (Å²) in [6.07, 6.45) is 2.42. The fraction of sp³-hybridized carbons (Fsp3) is 0.600. The van der Waals surface area contributed by atoms with Gasteiger partial charge in [-0.25, -0.2) is 0 Å². The Labute approximate surface area is 103 Å². The van der Waals surface area contributed by atoms with Crippen LogP contribution in [0.2, 0.25) is 0 Å². The van der Waals surface area contributed by atoms with E-state index in [2.05, 4.69) is 37.4 Å². The molecule has 92 valence electrons. The van der Waals surface area contributed by atoms with Crippen molar-refractivity contribution < 1.29 is 4.74 Å². The molecule has 2 atom stereocenters. The summed E-state index contributed by atoms with van der Waals surface area (Å²) >= 11 is 0. The van der Waals surface area contributed by atoms with E-state index in [1.165, 1.54) is 17.5 Å². The molecule has 1 aromatic rings. The predicted octanol–water partition coefficient (Wildman–Crippen LogP) is 3.07. The molecule has 3 rings (SSSR count). The number of hydrogen-bond donors (Lipinski definition) is 1. The SMILES string of the molecule is CC(C)CC1NCc2cccc3c2C1CCO3. The van der Waals surface area contributed by atoms with Gasteiger partial charge in [0.15, 0.2) is 0 Å². The maximum absolute atomic E-state index is 5.80. The molecular weight excluding hydrogens is 210 g/mol. The van der Waals surface area contributed by atoms with Crippen molar-refractivity contribution in [1.29, 1.82) is 0 Å². The first-order valence-electron chi connectivity index (χ1n) is 6.73. The van der Waals surface area contributed by atoms with E-state index < -0.39 is 0 Å². The van der Waals surface area contributed by atoms with Crippen LogP contribution in [0.5, 0.6) is 5.75 Å². The lowest BCUT2D eigenvalue weighted by Gasteiger charge is -2.39. The van der Waals surface area contributed by atoms with Gasteiger partial charge in [-0.05, 0) is 30.4 Å². The molecular formula is C15H21NO. The Balaban J connectivity index is 1.96. The van der Waals surface area contributed by atoms with Crippen LogP contribution in [-0.2, 0) is 6.54 Å². The van der Waals surface area contributed by atoms with Gasteiger partial charge in [-0.3, -0.25) is 0 Å². The summed E-state index contributed by atoms with van der Waals surface area (Å²) in [6.45, 7) is 6.49. The third-order valence-corrected chi connectivity index (χ3v) is 3.98. The predicted molar refractivity (Wildman–Crippen MR) is 69.4 cm³/mol. The van der Waals surface area contributed by atoms with Crippen LogP contribution >= 0.6 is 0 Å². The lowest BCUT2D eigenvalue weighted by Crippen LogP contribution is -2.42. The zero-order valence-electron chi connectivity index (χ0n) is 10.7. The molecule has 0 aromatic heterocycles. The van der Waals surface area contributed by atoms with Gasteiger partial charge in [0.2, 0.25) is 0 Å². The maximum atomic E-state index is 5.80. The number of benzene rings is 1. The zero-order chi connectivity index (χ0) is 11.8. The lowest BCUT2D eigenvalue weighted by atomic mass is 9.78. The quantitative estimate of drug-likeness (QED) is 0.844. The van der Waals surface area contributed by atoms with E-state index in [0.29, 0.717) is 12.0 Å². The average Bonchev–Trinajstić information content (AvgIpc) is 2.33. The van der Waals surface area contributed by atoms with Gasteiger partial charge >= 0.3 is 0 Å². The van der Waals surface area contributed by atoms with Crippen molar-refractivity contribution in [2.45, 2.75) is 45.2 Å². The van der Waals surface area contributed by atoms with Crippen molar-refractivity contribution in [1.82, 2.24) is 5.32 Å². The van der Waals surface area contributed by atoms with Crippen LogP contribution in [0.1, 0.15) is 43.7 Å². The number of rotatable bonds is 2. The summed E-state index contributed by atoms with van der Waals surface area (Å²) in [7, 11) is 0. The van der Waals surface area contributed by atoms with Gasteiger partial charge in [0.05, 0.1) is 6.61 Å². The second kappa shape index (κ2) is 4.34. The Morgan fingerprint density at radius 2 is 2.29 bits per heavy atom. The van der Waals surface area contributed by atoms with Crippen LogP contribution in [0.15, 0.2) is 18.2 Å². The van der Waals surface area contributed by atoms with Crippen molar-refractivity contribution >= 4 is 0 Å². The molecule has 0 amide bonds. The minimum absolute atomic E-state index is 0.632. The van der Waals surface area contributed by atoms with Crippen LogP contribution in [0, 0.1) is 5.92 Å². The molecule has 17 heavy (non-hydrogen) atoms. The molecule has 2 heterocycles.